The summed E-state index contributed by atoms with van der Waals surface area (Å²) in [6.07, 6.45) is 0. The Hall–Kier alpha value is -1.53. The molecule has 1 heterocycles. The van der Waals surface area contributed by atoms with E-state index in [1.54, 1.807) is 23.5 Å². The second kappa shape index (κ2) is 6.76. The topological polar surface area (TPSA) is 55.8 Å². The largest absolute Gasteiger partial charge is 0.490 e. The van der Waals surface area contributed by atoms with Gasteiger partial charge in [-0.3, -0.25) is 0 Å². The number of halogens is 1. The molecule has 0 aliphatic rings. The maximum absolute atomic E-state index is 11.3. The lowest BCUT2D eigenvalue weighted by molar-refractivity contribution is 0.0690. The van der Waals surface area contributed by atoms with Gasteiger partial charge in [0.15, 0.2) is 11.5 Å². The molecule has 1 N–H and O–H groups in total. The van der Waals surface area contributed by atoms with E-state index < -0.39 is 5.97 Å². The minimum absolute atomic E-state index is 0.103. The monoisotopic (exact) mass is 356 g/mol. The van der Waals surface area contributed by atoms with Crippen molar-refractivity contribution < 1.29 is 19.4 Å². The molecule has 6 heteroatoms. The number of carboxylic acid groups (broad SMARTS) is 1. The molecule has 0 radical (unpaired) electrons. The molecule has 0 unspecified atom stereocenters. The summed E-state index contributed by atoms with van der Waals surface area (Å²) in [4.78, 5) is 12.3. The number of benzene rings is 1. The second-order valence-electron chi connectivity index (χ2n) is 3.89. The quantitative estimate of drug-likeness (QED) is 0.843. The fraction of sp³-hybridized carbons (Fsp3) is 0.214. The van der Waals surface area contributed by atoms with E-state index >= 15 is 0 Å². The molecule has 1 aromatic carbocycles. The summed E-state index contributed by atoms with van der Waals surface area (Å²) in [5, 5.41) is 11.2. The van der Waals surface area contributed by atoms with Crippen LogP contribution >= 0.6 is 27.3 Å². The highest BCUT2D eigenvalue weighted by Gasteiger charge is 2.16. The van der Waals surface area contributed by atoms with Crippen LogP contribution < -0.4 is 9.47 Å². The zero-order valence-corrected chi connectivity index (χ0v) is 13.2. The number of para-hydroxylation sites is 1. The van der Waals surface area contributed by atoms with Gasteiger partial charge in [-0.25, -0.2) is 4.79 Å². The van der Waals surface area contributed by atoms with Gasteiger partial charge in [0, 0.05) is 14.7 Å². The average molecular weight is 357 g/mol. The Labute approximate surface area is 129 Å². The van der Waals surface area contributed by atoms with E-state index in [0.717, 1.165) is 9.35 Å². The van der Waals surface area contributed by atoms with E-state index in [4.69, 9.17) is 9.47 Å². The van der Waals surface area contributed by atoms with Crippen LogP contribution in [0, 0.1) is 0 Å². The first-order valence-corrected chi connectivity index (χ1v) is 7.64. The van der Waals surface area contributed by atoms with Crippen molar-refractivity contribution >= 4 is 33.2 Å². The van der Waals surface area contributed by atoms with Crippen molar-refractivity contribution in [1.29, 1.82) is 0 Å². The lowest BCUT2D eigenvalue weighted by Gasteiger charge is -2.13. The van der Waals surface area contributed by atoms with Crippen molar-refractivity contribution in [2.45, 2.75) is 13.5 Å². The first-order chi connectivity index (χ1) is 9.61. The number of aromatic carboxylic acids is 1. The highest BCUT2D eigenvalue weighted by Crippen LogP contribution is 2.33. The summed E-state index contributed by atoms with van der Waals surface area (Å²) >= 11 is 4.91. The molecule has 0 aliphatic heterocycles. The fourth-order valence-corrected chi connectivity index (χ4v) is 3.04. The molecule has 4 nitrogen and oxygen atoms in total. The standard InChI is InChI=1S/C14H13BrO4S/c1-2-18-12-5-3-4-11(14(16)17)13(12)19-7-10-6-9(15)8-20-10/h3-6,8H,2,7H2,1H3,(H,16,17). The molecule has 0 atom stereocenters. The summed E-state index contributed by atoms with van der Waals surface area (Å²) < 4.78 is 12.1. The van der Waals surface area contributed by atoms with Gasteiger partial charge in [0.25, 0.3) is 0 Å². The van der Waals surface area contributed by atoms with Crippen LogP contribution in [0.15, 0.2) is 34.1 Å². The SMILES string of the molecule is CCOc1cccc(C(=O)O)c1OCc1cc(Br)cs1. The number of carbonyl (C=O) groups is 1. The molecule has 0 aliphatic carbocycles. The summed E-state index contributed by atoms with van der Waals surface area (Å²) in [5.74, 6) is -0.316. The molecular weight excluding hydrogens is 344 g/mol. The van der Waals surface area contributed by atoms with Crippen molar-refractivity contribution in [2.75, 3.05) is 6.61 Å². The Morgan fingerprint density at radius 3 is 2.80 bits per heavy atom. The molecular formula is C14H13BrO4S. The zero-order chi connectivity index (χ0) is 14.5. The predicted octanol–water partition coefficient (Wildman–Crippen LogP) is 4.19. The van der Waals surface area contributed by atoms with Crippen LogP contribution in [0.25, 0.3) is 0 Å². The van der Waals surface area contributed by atoms with E-state index in [2.05, 4.69) is 15.9 Å². The van der Waals surface area contributed by atoms with Gasteiger partial charge < -0.3 is 14.6 Å². The van der Waals surface area contributed by atoms with Crippen molar-refractivity contribution in [3.05, 3.63) is 44.6 Å². The molecule has 0 fully saturated rings. The van der Waals surface area contributed by atoms with Gasteiger partial charge in [-0.15, -0.1) is 11.3 Å². The van der Waals surface area contributed by atoms with Crippen LogP contribution in [-0.2, 0) is 6.61 Å². The van der Waals surface area contributed by atoms with Gasteiger partial charge in [-0.2, -0.15) is 0 Å². The van der Waals surface area contributed by atoms with Gasteiger partial charge >= 0.3 is 5.97 Å². The predicted molar refractivity (Wildman–Crippen MR) is 80.9 cm³/mol. The highest BCUT2D eigenvalue weighted by molar-refractivity contribution is 9.10. The molecule has 0 saturated heterocycles. The number of hydrogen-bond acceptors (Lipinski definition) is 4. The number of rotatable bonds is 6. The third kappa shape index (κ3) is 3.52. The Morgan fingerprint density at radius 1 is 1.40 bits per heavy atom. The number of thiophene rings is 1. The van der Waals surface area contributed by atoms with Crippen molar-refractivity contribution in [2.24, 2.45) is 0 Å². The molecule has 0 spiro atoms. The molecule has 0 saturated carbocycles. The maximum Gasteiger partial charge on any atom is 0.339 e. The normalized spacial score (nSPS) is 10.3. The number of ether oxygens (including phenoxy) is 2. The lowest BCUT2D eigenvalue weighted by Crippen LogP contribution is -2.05. The minimum atomic E-state index is -1.03. The van der Waals surface area contributed by atoms with E-state index in [1.807, 2.05) is 18.4 Å². The van der Waals surface area contributed by atoms with E-state index in [-0.39, 0.29) is 11.3 Å². The van der Waals surface area contributed by atoms with Crippen molar-refractivity contribution in [3.8, 4) is 11.5 Å². The van der Waals surface area contributed by atoms with E-state index in [1.165, 1.54) is 6.07 Å². The third-order valence-electron chi connectivity index (χ3n) is 2.49. The van der Waals surface area contributed by atoms with Crippen LogP contribution in [0.2, 0.25) is 0 Å². The maximum atomic E-state index is 11.3. The highest BCUT2D eigenvalue weighted by atomic mass is 79.9. The molecule has 1 aromatic heterocycles. The van der Waals surface area contributed by atoms with Crippen LogP contribution in [0.3, 0.4) is 0 Å². The van der Waals surface area contributed by atoms with Crippen LogP contribution in [0.4, 0.5) is 0 Å². The first-order valence-electron chi connectivity index (χ1n) is 5.96. The smallest absolute Gasteiger partial charge is 0.339 e. The molecule has 20 heavy (non-hydrogen) atoms. The summed E-state index contributed by atoms with van der Waals surface area (Å²) in [6.45, 7) is 2.60. The lowest BCUT2D eigenvalue weighted by atomic mass is 10.2. The molecule has 2 aromatic rings. The Balaban J connectivity index is 2.25. The second-order valence-corrected chi connectivity index (χ2v) is 5.80. The molecule has 106 valence electrons. The number of hydrogen-bond donors (Lipinski definition) is 1. The zero-order valence-electron chi connectivity index (χ0n) is 10.8. The first kappa shape index (κ1) is 14.9. The molecule has 2 rings (SSSR count). The Kier molecular flexibility index (Phi) is 5.03. The van der Waals surface area contributed by atoms with Gasteiger partial charge in [0.05, 0.1) is 6.61 Å². The van der Waals surface area contributed by atoms with Gasteiger partial charge in [-0.05, 0) is 41.1 Å². The molecule has 0 amide bonds. The van der Waals surface area contributed by atoms with Gasteiger partial charge in [0.1, 0.15) is 12.2 Å². The fourth-order valence-electron chi connectivity index (χ4n) is 1.68. The summed E-state index contributed by atoms with van der Waals surface area (Å²) in [7, 11) is 0. The van der Waals surface area contributed by atoms with E-state index in [0.29, 0.717) is 19.0 Å². The molecule has 0 bridgehead atoms. The van der Waals surface area contributed by atoms with Crippen LogP contribution in [0.5, 0.6) is 11.5 Å². The van der Waals surface area contributed by atoms with Crippen molar-refractivity contribution in [3.63, 3.8) is 0 Å². The van der Waals surface area contributed by atoms with E-state index in [9.17, 15) is 9.90 Å². The average Bonchev–Trinajstić information content (AvgIpc) is 2.83. The van der Waals surface area contributed by atoms with Crippen LogP contribution in [-0.4, -0.2) is 17.7 Å². The number of carboxylic acids is 1. The minimum Gasteiger partial charge on any atom is -0.490 e. The van der Waals surface area contributed by atoms with Gasteiger partial charge in [0.2, 0.25) is 0 Å². The summed E-state index contributed by atoms with van der Waals surface area (Å²) in [6, 6.07) is 6.79. The Bertz CT molecular complexity index is 609. The van der Waals surface area contributed by atoms with Crippen molar-refractivity contribution in [1.82, 2.24) is 0 Å². The van der Waals surface area contributed by atoms with Crippen LogP contribution in [0.1, 0.15) is 22.2 Å². The summed E-state index contributed by atoms with van der Waals surface area (Å²) in [5.41, 5.74) is 0.103. The third-order valence-corrected chi connectivity index (χ3v) is 4.16. The van der Waals surface area contributed by atoms with Gasteiger partial charge in [-0.1, -0.05) is 6.07 Å². The Morgan fingerprint density at radius 2 is 2.20 bits per heavy atom.